The number of nitrogens with zero attached hydrogens (tertiary/aromatic N) is 3. The van der Waals surface area contributed by atoms with E-state index in [0.29, 0.717) is 22.8 Å². The summed E-state index contributed by atoms with van der Waals surface area (Å²) < 4.78 is 43.8. The summed E-state index contributed by atoms with van der Waals surface area (Å²) in [5, 5.41) is 8.95. The van der Waals surface area contributed by atoms with Gasteiger partial charge in [-0.3, -0.25) is 4.79 Å². The number of likely N-dealkylation sites (tertiary alicyclic amines) is 1. The maximum atomic E-state index is 12.8. The third kappa shape index (κ3) is 4.41. The molecule has 8 nitrogen and oxygen atoms in total. The van der Waals surface area contributed by atoms with Gasteiger partial charge < -0.3 is 20.1 Å². The number of alkyl halides is 3. The summed E-state index contributed by atoms with van der Waals surface area (Å²) in [7, 11) is 1.53. The van der Waals surface area contributed by atoms with Crippen molar-refractivity contribution in [1.29, 1.82) is 0 Å². The molecule has 2 aromatic carbocycles. The number of nitrogens with one attached hydrogen (secondary N) is 2. The first-order chi connectivity index (χ1) is 15.2. The lowest BCUT2D eigenvalue weighted by atomic mass is 10.0. The second-order valence-electron chi connectivity index (χ2n) is 7.23. The van der Waals surface area contributed by atoms with Crippen LogP contribution >= 0.6 is 0 Å². The van der Waals surface area contributed by atoms with Crippen LogP contribution in [0.3, 0.4) is 0 Å². The van der Waals surface area contributed by atoms with E-state index in [1.165, 1.54) is 24.1 Å². The molecule has 3 aromatic rings. The number of benzene rings is 2. The second kappa shape index (κ2) is 8.33. The predicted octanol–water partition coefficient (Wildman–Crippen LogP) is 3.75. The minimum absolute atomic E-state index is 0.0596. The highest BCUT2D eigenvalue weighted by molar-refractivity contribution is 5.95. The van der Waals surface area contributed by atoms with Crippen molar-refractivity contribution in [3.63, 3.8) is 0 Å². The molecule has 4 rings (SSSR count). The number of rotatable bonds is 4. The van der Waals surface area contributed by atoms with Crippen molar-refractivity contribution < 1.29 is 27.3 Å². The average Bonchev–Trinajstić information content (AvgIpc) is 3.21. The molecule has 0 unspecified atom stereocenters. The van der Waals surface area contributed by atoms with Gasteiger partial charge in [-0.15, -0.1) is 0 Å². The van der Waals surface area contributed by atoms with Gasteiger partial charge in [0.15, 0.2) is 0 Å². The number of carbonyl (C=O) groups is 2. The number of hydrogen-bond acceptors (Lipinski definition) is 5. The smallest absolute Gasteiger partial charge is 0.355 e. The minimum Gasteiger partial charge on any atom is -0.355 e. The molecule has 0 bridgehead atoms. The van der Waals surface area contributed by atoms with Gasteiger partial charge in [-0.05, 0) is 30.3 Å². The number of halogens is 3. The van der Waals surface area contributed by atoms with Crippen LogP contribution in [-0.2, 0) is 6.18 Å². The van der Waals surface area contributed by atoms with Crippen molar-refractivity contribution >= 4 is 17.6 Å². The molecule has 0 saturated carbocycles. The lowest BCUT2D eigenvalue weighted by Crippen LogP contribution is -2.50. The SMILES string of the molecule is CNC(=O)c1cccc(-c2noc(C3CN(C(=O)Nc4cccc(C(F)(F)F)c4)C3)n2)c1. The summed E-state index contributed by atoms with van der Waals surface area (Å²) in [5.41, 5.74) is 0.289. The predicted molar refractivity (Wildman–Crippen MR) is 108 cm³/mol. The molecule has 1 aliphatic heterocycles. The van der Waals surface area contributed by atoms with Crippen LogP contribution in [0.5, 0.6) is 0 Å². The Labute approximate surface area is 180 Å². The van der Waals surface area contributed by atoms with Crippen LogP contribution in [0.2, 0.25) is 0 Å². The van der Waals surface area contributed by atoms with Crippen molar-refractivity contribution in [3.8, 4) is 11.4 Å². The summed E-state index contributed by atoms with van der Waals surface area (Å²) >= 11 is 0. The molecule has 0 spiro atoms. The lowest BCUT2D eigenvalue weighted by Gasteiger charge is -2.36. The topological polar surface area (TPSA) is 100 Å². The number of amides is 3. The fourth-order valence-corrected chi connectivity index (χ4v) is 3.24. The zero-order chi connectivity index (χ0) is 22.9. The molecule has 0 atom stereocenters. The first-order valence-corrected chi connectivity index (χ1v) is 9.64. The normalized spacial score (nSPS) is 14.1. The van der Waals surface area contributed by atoms with Crippen LogP contribution in [0, 0.1) is 0 Å². The lowest BCUT2D eigenvalue weighted by molar-refractivity contribution is -0.137. The number of anilines is 1. The van der Waals surface area contributed by atoms with Gasteiger partial charge in [0, 0.05) is 37.0 Å². The third-order valence-corrected chi connectivity index (χ3v) is 5.01. The molecule has 1 aromatic heterocycles. The first-order valence-electron chi connectivity index (χ1n) is 9.64. The van der Waals surface area contributed by atoms with Crippen LogP contribution in [0.4, 0.5) is 23.7 Å². The third-order valence-electron chi connectivity index (χ3n) is 5.01. The van der Waals surface area contributed by atoms with E-state index in [1.807, 2.05) is 0 Å². The molecule has 2 heterocycles. The minimum atomic E-state index is -4.49. The molecule has 1 saturated heterocycles. The number of urea groups is 1. The summed E-state index contributed by atoms with van der Waals surface area (Å²) in [6.45, 7) is 0.565. The van der Waals surface area contributed by atoms with Crippen molar-refractivity contribution in [2.45, 2.75) is 12.1 Å². The van der Waals surface area contributed by atoms with Gasteiger partial charge in [0.25, 0.3) is 5.91 Å². The van der Waals surface area contributed by atoms with Crippen molar-refractivity contribution in [2.75, 3.05) is 25.5 Å². The number of hydrogen-bond donors (Lipinski definition) is 2. The van der Waals surface area contributed by atoms with Crippen LogP contribution in [-0.4, -0.2) is 47.1 Å². The van der Waals surface area contributed by atoms with E-state index in [2.05, 4.69) is 20.8 Å². The fraction of sp³-hybridized carbons (Fsp3) is 0.238. The Morgan fingerprint density at radius 1 is 1.12 bits per heavy atom. The highest BCUT2D eigenvalue weighted by Crippen LogP contribution is 2.32. The molecule has 32 heavy (non-hydrogen) atoms. The summed E-state index contributed by atoms with van der Waals surface area (Å²) in [5.74, 6) is 0.230. The summed E-state index contributed by atoms with van der Waals surface area (Å²) in [6.07, 6.45) is -4.49. The van der Waals surface area contributed by atoms with Crippen LogP contribution in [0.1, 0.15) is 27.7 Å². The molecule has 0 radical (unpaired) electrons. The van der Waals surface area contributed by atoms with E-state index in [4.69, 9.17) is 4.52 Å². The Bertz CT molecular complexity index is 1160. The largest absolute Gasteiger partial charge is 0.416 e. The molecule has 166 valence electrons. The van der Waals surface area contributed by atoms with Gasteiger partial charge in [0.05, 0.1) is 11.5 Å². The van der Waals surface area contributed by atoms with Gasteiger partial charge in [0.1, 0.15) is 0 Å². The van der Waals surface area contributed by atoms with Crippen molar-refractivity contribution in [3.05, 3.63) is 65.5 Å². The highest BCUT2D eigenvalue weighted by Gasteiger charge is 2.36. The maximum absolute atomic E-state index is 12.8. The molecular weight excluding hydrogens is 427 g/mol. The molecule has 0 aliphatic carbocycles. The Morgan fingerprint density at radius 2 is 1.88 bits per heavy atom. The Hall–Kier alpha value is -3.89. The van der Waals surface area contributed by atoms with Gasteiger partial charge in [-0.2, -0.15) is 18.2 Å². The first kappa shape index (κ1) is 21.3. The Balaban J connectivity index is 1.37. The van der Waals surface area contributed by atoms with Crippen LogP contribution in [0.25, 0.3) is 11.4 Å². The van der Waals surface area contributed by atoms with Gasteiger partial charge >= 0.3 is 12.2 Å². The standard InChI is InChI=1S/C21H18F3N5O3/c1-25-18(30)13-5-2-4-12(8-13)17-27-19(32-28-17)14-10-29(11-14)20(31)26-16-7-3-6-15(9-16)21(22,23)24/h2-9,14H,10-11H2,1H3,(H,25,30)(H,26,31). The highest BCUT2D eigenvalue weighted by atomic mass is 19.4. The van der Waals surface area contributed by atoms with Gasteiger partial charge in [-0.1, -0.05) is 23.4 Å². The van der Waals surface area contributed by atoms with E-state index >= 15 is 0 Å². The van der Waals surface area contributed by atoms with Gasteiger partial charge in [-0.25, -0.2) is 4.79 Å². The summed E-state index contributed by atoms with van der Waals surface area (Å²) in [6, 6.07) is 10.7. The van der Waals surface area contributed by atoms with E-state index in [-0.39, 0.29) is 30.6 Å². The number of carbonyl (C=O) groups excluding carboxylic acids is 2. The molecular formula is C21H18F3N5O3. The number of aromatic nitrogens is 2. The van der Waals surface area contributed by atoms with E-state index in [1.54, 1.807) is 24.3 Å². The van der Waals surface area contributed by atoms with E-state index in [0.717, 1.165) is 12.1 Å². The zero-order valence-corrected chi connectivity index (χ0v) is 16.8. The van der Waals surface area contributed by atoms with Crippen molar-refractivity contribution in [1.82, 2.24) is 20.4 Å². The quantitative estimate of drug-likeness (QED) is 0.637. The fourth-order valence-electron chi connectivity index (χ4n) is 3.24. The van der Waals surface area contributed by atoms with Crippen LogP contribution < -0.4 is 10.6 Å². The van der Waals surface area contributed by atoms with Gasteiger partial charge in [0.2, 0.25) is 11.7 Å². The zero-order valence-electron chi connectivity index (χ0n) is 16.8. The maximum Gasteiger partial charge on any atom is 0.416 e. The Morgan fingerprint density at radius 3 is 2.59 bits per heavy atom. The summed E-state index contributed by atoms with van der Waals surface area (Å²) in [4.78, 5) is 29.9. The van der Waals surface area contributed by atoms with E-state index in [9.17, 15) is 22.8 Å². The monoisotopic (exact) mass is 445 g/mol. The van der Waals surface area contributed by atoms with E-state index < -0.39 is 17.8 Å². The molecule has 1 aliphatic rings. The average molecular weight is 445 g/mol. The molecule has 2 N–H and O–H groups in total. The second-order valence-corrected chi connectivity index (χ2v) is 7.23. The van der Waals surface area contributed by atoms with Crippen molar-refractivity contribution in [2.24, 2.45) is 0 Å². The molecule has 3 amide bonds. The molecule has 11 heteroatoms. The van der Waals surface area contributed by atoms with Crippen LogP contribution in [0.15, 0.2) is 53.1 Å². The molecule has 1 fully saturated rings. The Kier molecular flexibility index (Phi) is 5.56.